The number of hydrogen-bond acceptors (Lipinski definition) is 4. The first-order valence-corrected chi connectivity index (χ1v) is 5.84. The lowest BCUT2D eigenvalue weighted by Crippen LogP contribution is -2.45. The highest BCUT2D eigenvalue weighted by Gasteiger charge is 2.36. The molecule has 0 saturated heterocycles. The first kappa shape index (κ1) is 12.1. The Morgan fingerprint density at radius 1 is 0.917 bits per heavy atom. The van der Waals surface area contributed by atoms with Crippen LogP contribution < -0.4 is 0 Å². The van der Waals surface area contributed by atoms with Gasteiger partial charge >= 0.3 is 9.05 Å². The van der Waals surface area contributed by atoms with E-state index in [1.54, 1.807) is 0 Å². The average molecular weight is 194 g/mol. The summed E-state index contributed by atoms with van der Waals surface area (Å²) in [7, 11) is -4.35. The summed E-state index contributed by atoms with van der Waals surface area (Å²) in [4.78, 5) is 26.1. The third-order valence-electron chi connectivity index (χ3n) is 1.61. The molecule has 0 atom stereocenters. The highest BCUT2D eigenvalue weighted by Crippen LogP contribution is 2.17. The van der Waals surface area contributed by atoms with Crippen LogP contribution in [0.25, 0.3) is 0 Å². The van der Waals surface area contributed by atoms with Gasteiger partial charge in [-0.1, -0.05) is 27.7 Å². The Balaban J connectivity index is 4.15. The van der Waals surface area contributed by atoms with E-state index in [4.69, 9.17) is 18.8 Å². The number of rotatable bonds is 4. The molecule has 0 unspecified atom stereocenters. The van der Waals surface area contributed by atoms with Gasteiger partial charge in [-0.05, 0) is 11.8 Å². The zero-order chi connectivity index (χ0) is 9.94. The average Bonchev–Trinajstić information content (AvgIpc) is 1.79. The molecule has 0 bridgehead atoms. The molecular formula is C7H18O4Si. The summed E-state index contributed by atoms with van der Waals surface area (Å²) in [5.41, 5.74) is 0. The minimum absolute atomic E-state index is 0.156. The molecule has 0 fully saturated rings. The molecule has 0 rings (SSSR count). The van der Waals surface area contributed by atoms with Gasteiger partial charge in [-0.3, -0.25) is 0 Å². The molecular weight excluding hydrogens is 176 g/mol. The van der Waals surface area contributed by atoms with E-state index in [-0.39, 0.29) is 17.9 Å². The van der Waals surface area contributed by atoms with Gasteiger partial charge in [-0.15, -0.1) is 0 Å². The second-order valence-corrected chi connectivity index (χ2v) is 5.03. The second kappa shape index (κ2) is 4.34. The summed E-state index contributed by atoms with van der Waals surface area (Å²) in [6.07, 6.45) is -0.309. The molecule has 0 aliphatic heterocycles. The monoisotopic (exact) mass is 194 g/mol. The Morgan fingerprint density at radius 2 is 1.25 bits per heavy atom. The van der Waals surface area contributed by atoms with E-state index in [0.29, 0.717) is 0 Å². The third-order valence-corrected chi connectivity index (χ3v) is 2.20. The van der Waals surface area contributed by atoms with Crippen molar-refractivity contribution in [3.05, 3.63) is 0 Å². The molecule has 0 saturated carbocycles. The van der Waals surface area contributed by atoms with Crippen LogP contribution in [-0.2, 0) is 4.43 Å². The molecule has 0 aromatic heterocycles. The normalized spacial score (nSPS) is 13.5. The van der Waals surface area contributed by atoms with Crippen LogP contribution in [0.1, 0.15) is 27.7 Å². The Kier molecular flexibility index (Phi) is 4.36. The minimum atomic E-state index is -4.35. The lowest BCUT2D eigenvalue weighted by atomic mass is 9.97. The van der Waals surface area contributed by atoms with Crippen LogP contribution in [0.5, 0.6) is 0 Å². The highest BCUT2D eigenvalue weighted by atomic mass is 28.4. The lowest BCUT2D eigenvalue weighted by molar-refractivity contribution is -0.0156. The van der Waals surface area contributed by atoms with E-state index in [1.165, 1.54) is 0 Å². The first-order valence-electron chi connectivity index (χ1n) is 4.09. The Hall–Kier alpha value is 0.0569. The maximum atomic E-state index is 8.71. The molecule has 0 spiro atoms. The van der Waals surface area contributed by atoms with Gasteiger partial charge < -0.3 is 18.8 Å². The van der Waals surface area contributed by atoms with Crippen LogP contribution in [0, 0.1) is 11.8 Å². The fourth-order valence-electron chi connectivity index (χ4n) is 1.22. The van der Waals surface area contributed by atoms with Gasteiger partial charge in [0.2, 0.25) is 0 Å². The van der Waals surface area contributed by atoms with Crippen molar-refractivity contribution in [3.8, 4) is 0 Å². The van der Waals surface area contributed by atoms with Crippen LogP contribution >= 0.6 is 0 Å². The zero-order valence-electron chi connectivity index (χ0n) is 7.98. The van der Waals surface area contributed by atoms with E-state index >= 15 is 0 Å². The standard InChI is InChI=1S/C7H18O4Si/c1-5(2)7(6(3)4)11-12(8,9)10/h5-10H,1-4H3. The van der Waals surface area contributed by atoms with E-state index in [9.17, 15) is 0 Å². The smallest absolute Gasteiger partial charge is 0.368 e. The van der Waals surface area contributed by atoms with E-state index in [1.807, 2.05) is 27.7 Å². The first-order chi connectivity index (χ1) is 5.24. The van der Waals surface area contributed by atoms with Gasteiger partial charge in [0.25, 0.3) is 0 Å². The molecule has 0 aromatic carbocycles. The van der Waals surface area contributed by atoms with Crippen molar-refractivity contribution >= 4 is 9.05 Å². The van der Waals surface area contributed by atoms with Crippen molar-refractivity contribution in [1.82, 2.24) is 0 Å². The summed E-state index contributed by atoms with van der Waals surface area (Å²) in [6, 6.07) is 0. The molecule has 5 heteroatoms. The van der Waals surface area contributed by atoms with Crippen molar-refractivity contribution in [2.45, 2.75) is 33.8 Å². The summed E-state index contributed by atoms with van der Waals surface area (Å²) < 4.78 is 4.77. The van der Waals surface area contributed by atoms with Gasteiger partial charge in [0.15, 0.2) is 0 Å². The quantitative estimate of drug-likeness (QED) is 0.555. The molecule has 4 nitrogen and oxygen atoms in total. The maximum Gasteiger partial charge on any atom is 0.671 e. The van der Waals surface area contributed by atoms with Crippen LogP contribution in [0.15, 0.2) is 0 Å². The van der Waals surface area contributed by atoms with Gasteiger partial charge in [0, 0.05) is 0 Å². The predicted octanol–water partition coefficient (Wildman–Crippen LogP) is 0.0961. The van der Waals surface area contributed by atoms with Crippen LogP contribution in [0.4, 0.5) is 0 Å². The molecule has 0 aliphatic rings. The Bertz CT molecular complexity index is 122. The van der Waals surface area contributed by atoms with Crippen molar-refractivity contribution in [2.75, 3.05) is 0 Å². The summed E-state index contributed by atoms with van der Waals surface area (Å²) in [6.45, 7) is 7.63. The van der Waals surface area contributed by atoms with E-state index < -0.39 is 9.05 Å². The van der Waals surface area contributed by atoms with Crippen LogP contribution in [0.2, 0.25) is 0 Å². The fraction of sp³-hybridized carbons (Fsp3) is 1.00. The molecule has 74 valence electrons. The van der Waals surface area contributed by atoms with Crippen molar-refractivity contribution in [2.24, 2.45) is 11.8 Å². The van der Waals surface area contributed by atoms with Crippen molar-refractivity contribution < 1.29 is 18.8 Å². The van der Waals surface area contributed by atoms with Gasteiger partial charge in [0.1, 0.15) is 0 Å². The molecule has 0 amide bonds. The summed E-state index contributed by atoms with van der Waals surface area (Å²) >= 11 is 0. The van der Waals surface area contributed by atoms with Crippen LogP contribution in [-0.4, -0.2) is 29.5 Å². The Labute approximate surface area is 74.3 Å². The molecule has 0 heterocycles. The summed E-state index contributed by atoms with van der Waals surface area (Å²) in [5.74, 6) is 0.312. The van der Waals surface area contributed by atoms with Crippen LogP contribution in [0.3, 0.4) is 0 Å². The topological polar surface area (TPSA) is 69.9 Å². The molecule has 0 radical (unpaired) electrons. The van der Waals surface area contributed by atoms with Crippen molar-refractivity contribution in [1.29, 1.82) is 0 Å². The van der Waals surface area contributed by atoms with Gasteiger partial charge in [0.05, 0.1) is 6.10 Å². The minimum Gasteiger partial charge on any atom is -0.368 e. The zero-order valence-corrected chi connectivity index (χ0v) is 8.98. The van der Waals surface area contributed by atoms with Gasteiger partial charge in [-0.2, -0.15) is 0 Å². The second-order valence-electron chi connectivity index (χ2n) is 3.64. The molecule has 12 heavy (non-hydrogen) atoms. The highest BCUT2D eigenvalue weighted by molar-refractivity contribution is 6.48. The lowest BCUT2D eigenvalue weighted by Gasteiger charge is -2.27. The number of hydrogen-bond donors (Lipinski definition) is 3. The van der Waals surface area contributed by atoms with Crippen molar-refractivity contribution in [3.63, 3.8) is 0 Å². The SMILES string of the molecule is CC(C)C(O[Si](O)(O)O)C(C)C. The molecule has 0 aromatic rings. The van der Waals surface area contributed by atoms with E-state index in [2.05, 4.69) is 0 Å². The van der Waals surface area contributed by atoms with E-state index in [0.717, 1.165) is 0 Å². The van der Waals surface area contributed by atoms with Gasteiger partial charge in [-0.25, -0.2) is 0 Å². The summed E-state index contributed by atoms with van der Waals surface area (Å²) in [5, 5.41) is 0. The third kappa shape index (κ3) is 4.84. The molecule has 0 aliphatic carbocycles. The Morgan fingerprint density at radius 3 is 1.33 bits per heavy atom. The maximum absolute atomic E-state index is 8.71. The largest absolute Gasteiger partial charge is 0.671 e. The molecule has 3 N–H and O–H groups in total. The fourth-order valence-corrected chi connectivity index (χ4v) is 2.13. The predicted molar refractivity (Wildman–Crippen MR) is 47.0 cm³/mol.